The van der Waals surface area contributed by atoms with E-state index in [1.54, 1.807) is 27.9 Å². The summed E-state index contributed by atoms with van der Waals surface area (Å²) in [7, 11) is -0.0171. The molecular formula is C8H18NO4P. The Kier molecular flexibility index (Phi) is 6.00. The quantitative estimate of drug-likeness (QED) is 0.637. The fourth-order valence-electron chi connectivity index (χ4n) is 0.829. The van der Waals surface area contributed by atoms with E-state index in [9.17, 15) is 9.36 Å². The van der Waals surface area contributed by atoms with Crippen LogP contribution < -0.4 is 0 Å². The van der Waals surface area contributed by atoms with Crippen LogP contribution in [0.1, 0.15) is 13.8 Å². The normalized spacial score (nSPS) is 11.4. The minimum absolute atomic E-state index is 0.193. The van der Waals surface area contributed by atoms with Crippen molar-refractivity contribution >= 4 is 13.5 Å². The summed E-state index contributed by atoms with van der Waals surface area (Å²) < 4.78 is 21.8. The van der Waals surface area contributed by atoms with Crippen molar-refractivity contribution in [2.24, 2.45) is 0 Å². The van der Waals surface area contributed by atoms with Crippen LogP contribution in [0.3, 0.4) is 0 Å². The summed E-state index contributed by atoms with van der Waals surface area (Å²) in [6, 6.07) is 0. The maximum absolute atomic E-state index is 11.8. The number of carbonyl (C=O) groups excluding carboxylic acids is 1. The molecule has 0 saturated carbocycles. The molecule has 0 saturated heterocycles. The van der Waals surface area contributed by atoms with Crippen LogP contribution in [0.4, 0.5) is 0 Å². The van der Waals surface area contributed by atoms with Crippen LogP contribution in [0.5, 0.6) is 0 Å². The van der Waals surface area contributed by atoms with Gasteiger partial charge >= 0.3 is 7.60 Å². The minimum atomic E-state index is -3.22. The lowest BCUT2D eigenvalue weighted by Crippen LogP contribution is -2.25. The van der Waals surface area contributed by atoms with Gasteiger partial charge in [0.2, 0.25) is 5.91 Å². The summed E-state index contributed by atoms with van der Waals surface area (Å²) in [5.74, 6) is -0.254. The van der Waals surface area contributed by atoms with E-state index >= 15 is 0 Å². The van der Waals surface area contributed by atoms with E-state index in [4.69, 9.17) is 9.05 Å². The standard InChI is InChI=1S/C8H18NO4P/c1-5-12-14(11,13-6-2)7-8(10)9(3)4/h5-7H2,1-4H3. The average Bonchev–Trinajstić information content (AvgIpc) is 2.04. The predicted molar refractivity (Wildman–Crippen MR) is 54.4 cm³/mol. The SMILES string of the molecule is CCOP(=O)(CC(=O)N(C)C)OCC. The Morgan fingerprint density at radius 2 is 1.64 bits per heavy atom. The molecule has 14 heavy (non-hydrogen) atoms. The number of rotatable bonds is 6. The molecule has 84 valence electrons. The Morgan fingerprint density at radius 1 is 1.21 bits per heavy atom. The van der Waals surface area contributed by atoms with Gasteiger partial charge in [-0.1, -0.05) is 0 Å². The molecule has 0 unspecified atom stereocenters. The van der Waals surface area contributed by atoms with Gasteiger partial charge in [-0.2, -0.15) is 0 Å². The summed E-state index contributed by atoms with van der Waals surface area (Å²) in [4.78, 5) is 12.7. The summed E-state index contributed by atoms with van der Waals surface area (Å²) in [5, 5.41) is 0. The molecule has 0 aromatic carbocycles. The van der Waals surface area contributed by atoms with Crippen molar-refractivity contribution in [3.63, 3.8) is 0 Å². The maximum atomic E-state index is 11.8. The van der Waals surface area contributed by atoms with Gasteiger partial charge in [-0.15, -0.1) is 0 Å². The van der Waals surface area contributed by atoms with Crippen molar-refractivity contribution in [2.45, 2.75) is 13.8 Å². The predicted octanol–water partition coefficient (Wildman–Crippen LogP) is 1.34. The van der Waals surface area contributed by atoms with Gasteiger partial charge in [0.25, 0.3) is 0 Å². The molecule has 0 atom stereocenters. The Balaban J connectivity index is 4.36. The first-order chi connectivity index (χ1) is 6.45. The van der Waals surface area contributed by atoms with Crippen LogP contribution in [0.2, 0.25) is 0 Å². The third kappa shape index (κ3) is 4.74. The van der Waals surface area contributed by atoms with Gasteiger partial charge < -0.3 is 13.9 Å². The number of hydrogen-bond donors (Lipinski definition) is 0. The minimum Gasteiger partial charge on any atom is -0.348 e. The van der Waals surface area contributed by atoms with Gasteiger partial charge in [-0.3, -0.25) is 9.36 Å². The molecule has 0 spiro atoms. The van der Waals surface area contributed by atoms with E-state index in [1.165, 1.54) is 4.90 Å². The van der Waals surface area contributed by atoms with Crippen molar-refractivity contribution < 1.29 is 18.4 Å². The van der Waals surface area contributed by atoms with E-state index in [1.807, 2.05) is 0 Å². The lowest BCUT2D eigenvalue weighted by atomic mass is 10.6. The van der Waals surface area contributed by atoms with Crippen LogP contribution >= 0.6 is 7.60 Å². The molecule has 6 heteroatoms. The Bertz CT molecular complexity index is 219. The summed E-state index contributed by atoms with van der Waals surface area (Å²) in [5.41, 5.74) is 0. The van der Waals surface area contributed by atoms with Gasteiger partial charge in [-0.05, 0) is 13.8 Å². The average molecular weight is 223 g/mol. The van der Waals surface area contributed by atoms with Crippen LogP contribution in [-0.2, 0) is 18.4 Å². The van der Waals surface area contributed by atoms with E-state index in [0.29, 0.717) is 0 Å². The highest BCUT2D eigenvalue weighted by atomic mass is 31.2. The second-order valence-electron chi connectivity index (χ2n) is 2.89. The number of amides is 1. The lowest BCUT2D eigenvalue weighted by molar-refractivity contribution is -0.126. The molecule has 5 nitrogen and oxygen atoms in total. The zero-order valence-corrected chi connectivity index (χ0v) is 10.0. The molecule has 0 radical (unpaired) electrons. The Morgan fingerprint density at radius 3 is 1.93 bits per heavy atom. The fourth-order valence-corrected chi connectivity index (χ4v) is 2.49. The molecule has 0 rings (SSSR count). The van der Waals surface area contributed by atoms with E-state index in [2.05, 4.69) is 0 Å². The van der Waals surface area contributed by atoms with Gasteiger partial charge in [0.1, 0.15) is 6.16 Å². The highest BCUT2D eigenvalue weighted by Gasteiger charge is 2.28. The van der Waals surface area contributed by atoms with E-state index in [-0.39, 0.29) is 25.3 Å². The monoisotopic (exact) mass is 223 g/mol. The molecule has 0 aromatic rings. The molecule has 0 heterocycles. The lowest BCUT2D eigenvalue weighted by Gasteiger charge is -2.18. The first-order valence-corrected chi connectivity index (χ1v) is 6.26. The van der Waals surface area contributed by atoms with Gasteiger partial charge in [0.15, 0.2) is 0 Å². The third-order valence-electron chi connectivity index (χ3n) is 1.48. The zero-order chi connectivity index (χ0) is 11.2. The number of nitrogens with zero attached hydrogens (tertiary/aromatic N) is 1. The van der Waals surface area contributed by atoms with Gasteiger partial charge in [-0.25, -0.2) is 0 Å². The second-order valence-corrected chi connectivity index (χ2v) is 4.95. The van der Waals surface area contributed by atoms with Crippen LogP contribution in [-0.4, -0.2) is 44.3 Å². The molecule has 0 aliphatic carbocycles. The van der Waals surface area contributed by atoms with Crippen LogP contribution in [0, 0.1) is 0 Å². The molecule has 0 aliphatic heterocycles. The molecule has 0 bridgehead atoms. The third-order valence-corrected chi connectivity index (χ3v) is 3.44. The number of carbonyl (C=O) groups is 1. The Labute approximate surface area is 84.9 Å². The van der Waals surface area contributed by atoms with Crippen LogP contribution in [0.25, 0.3) is 0 Å². The molecule has 0 fully saturated rings. The van der Waals surface area contributed by atoms with Gasteiger partial charge in [0, 0.05) is 14.1 Å². The molecule has 0 N–H and O–H groups in total. The smallest absolute Gasteiger partial charge is 0.340 e. The van der Waals surface area contributed by atoms with Crippen molar-refractivity contribution in [1.82, 2.24) is 4.90 Å². The van der Waals surface area contributed by atoms with Crippen molar-refractivity contribution in [3.05, 3.63) is 0 Å². The zero-order valence-electron chi connectivity index (χ0n) is 9.15. The van der Waals surface area contributed by atoms with E-state index < -0.39 is 7.60 Å². The maximum Gasteiger partial charge on any atom is 0.340 e. The first kappa shape index (κ1) is 13.6. The summed E-state index contributed by atoms with van der Waals surface area (Å²) >= 11 is 0. The number of hydrogen-bond acceptors (Lipinski definition) is 4. The largest absolute Gasteiger partial charge is 0.348 e. The Hall–Kier alpha value is -0.380. The highest BCUT2D eigenvalue weighted by Crippen LogP contribution is 2.47. The fraction of sp³-hybridized carbons (Fsp3) is 0.875. The van der Waals surface area contributed by atoms with Crippen LogP contribution in [0.15, 0.2) is 0 Å². The molecule has 0 aromatic heterocycles. The van der Waals surface area contributed by atoms with Crippen molar-refractivity contribution in [2.75, 3.05) is 33.5 Å². The molecule has 0 aliphatic rings. The van der Waals surface area contributed by atoms with Gasteiger partial charge in [0.05, 0.1) is 13.2 Å². The van der Waals surface area contributed by atoms with Crippen molar-refractivity contribution in [1.29, 1.82) is 0 Å². The topological polar surface area (TPSA) is 55.8 Å². The highest BCUT2D eigenvalue weighted by molar-refractivity contribution is 7.54. The molecular weight excluding hydrogens is 205 g/mol. The molecule has 1 amide bonds. The second kappa shape index (κ2) is 6.17. The first-order valence-electron chi connectivity index (χ1n) is 4.53. The van der Waals surface area contributed by atoms with Crippen molar-refractivity contribution in [3.8, 4) is 0 Å². The van der Waals surface area contributed by atoms with E-state index in [0.717, 1.165) is 0 Å². The summed E-state index contributed by atoms with van der Waals surface area (Å²) in [6.45, 7) is 3.98. The summed E-state index contributed by atoms with van der Waals surface area (Å²) in [6.07, 6.45) is -0.193.